The highest BCUT2D eigenvalue weighted by atomic mass is 32.1. The van der Waals surface area contributed by atoms with Gasteiger partial charge in [-0.05, 0) is 24.0 Å². The fraction of sp³-hybridized carbons (Fsp3) is 0.250. The monoisotopic (exact) mass is 363 g/mol. The van der Waals surface area contributed by atoms with Gasteiger partial charge >= 0.3 is 0 Å². The molecule has 1 aliphatic heterocycles. The van der Waals surface area contributed by atoms with Crippen molar-refractivity contribution < 1.29 is 4.79 Å². The van der Waals surface area contributed by atoms with Gasteiger partial charge in [-0.3, -0.25) is 14.0 Å². The van der Waals surface area contributed by atoms with E-state index in [1.807, 2.05) is 10.3 Å². The van der Waals surface area contributed by atoms with Crippen molar-refractivity contribution in [2.45, 2.75) is 18.3 Å². The molecule has 26 heavy (non-hydrogen) atoms. The maximum absolute atomic E-state index is 13.0. The van der Waals surface area contributed by atoms with Gasteiger partial charge in [-0.2, -0.15) is 4.98 Å². The van der Waals surface area contributed by atoms with Crippen molar-refractivity contribution in [1.29, 1.82) is 0 Å². The van der Waals surface area contributed by atoms with Crippen molar-refractivity contribution in [2.24, 2.45) is 0 Å². The highest BCUT2D eigenvalue weighted by molar-refractivity contribution is 7.15. The summed E-state index contributed by atoms with van der Waals surface area (Å²) in [6, 6.07) is 9.84. The zero-order valence-corrected chi connectivity index (χ0v) is 14.9. The standard InChI is InChI=1S/C20H17N3O2S/c24-17-13-16(23-11-12-26-19(23)21-17)18(25)22-9-7-20(8-10-22)6-5-14-3-1-2-4-15(14)20/h1-6,11-13H,7-10H2. The summed E-state index contributed by atoms with van der Waals surface area (Å²) < 4.78 is 1.71. The van der Waals surface area contributed by atoms with E-state index >= 15 is 0 Å². The minimum absolute atomic E-state index is 0.0418. The number of rotatable bonds is 1. The van der Waals surface area contributed by atoms with Crippen molar-refractivity contribution in [3.63, 3.8) is 0 Å². The molecule has 0 bridgehead atoms. The molecule has 0 unspecified atom stereocenters. The van der Waals surface area contributed by atoms with E-state index < -0.39 is 0 Å². The molecule has 2 aliphatic rings. The molecule has 3 aromatic rings. The van der Waals surface area contributed by atoms with Crippen LogP contribution in [0.15, 0.2) is 52.8 Å². The summed E-state index contributed by atoms with van der Waals surface area (Å²) in [6.45, 7) is 1.36. The normalized spacial score (nSPS) is 17.8. The lowest BCUT2D eigenvalue weighted by Crippen LogP contribution is -2.44. The van der Waals surface area contributed by atoms with Crippen LogP contribution in [0.1, 0.15) is 34.5 Å². The van der Waals surface area contributed by atoms with Crippen molar-refractivity contribution in [2.75, 3.05) is 13.1 Å². The van der Waals surface area contributed by atoms with Gasteiger partial charge in [0.15, 0.2) is 4.96 Å². The molecule has 0 atom stereocenters. The van der Waals surface area contributed by atoms with E-state index in [2.05, 4.69) is 41.4 Å². The van der Waals surface area contributed by atoms with Gasteiger partial charge < -0.3 is 4.90 Å². The summed E-state index contributed by atoms with van der Waals surface area (Å²) >= 11 is 1.36. The average Bonchev–Trinajstić information content (AvgIpc) is 3.27. The molecule has 5 nitrogen and oxygen atoms in total. The van der Waals surface area contributed by atoms with Crippen molar-refractivity contribution in [1.82, 2.24) is 14.3 Å². The Bertz CT molecular complexity index is 1100. The number of carbonyl (C=O) groups excluding carboxylic acids is 1. The molecule has 1 fully saturated rings. The van der Waals surface area contributed by atoms with E-state index in [0.29, 0.717) is 23.7 Å². The first-order valence-corrected chi connectivity index (χ1v) is 9.59. The van der Waals surface area contributed by atoms with Crippen molar-refractivity contribution in [3.8, 4) is 0 Å². The van der Waals surface area contributed by atoms with Crippen LogP contribution >= 0.6 is 11.3 Å². The van der Waals surface area contributed by atoms with E-state index in [1.54, 1.807) is 10.6 Å². The van der Waals surface area contributed by atoms with E-state index in [9.17, 15) is 9.59 Å². The molecule has 0 radical (unpaired) electrons. The first-order chi connectivity index (χ1) is 12.7. The number of allylic oxidation sites excluding steroid dienone is 1. The minimum Gasteiger partial charge on any atom is -0.337 e. The fourth-order valence-electron chi connectivity index (χ4n) is 4.16. The molecular weight excluding hydrogens is 346 g/mol. The summed E-state index contributed by atoms with van der Waals surface area (Å²) in [6.07, 6.45) is 8.09. The van der Waals surface area contributed by atoms with Crippen LogP contribution in [0.2, 0.25) is 0 Å². The summed E-state index contributed by atoms with van der Waals surface area (Å²) in [7, 11) is 0. The van der Waals surface area contributed by atoms with Gasteiger partial charge in [-0.25, -0.2) is 0 Å². The van der Waals surface area contributed by atoms with Crippen LogP contribution in [0.3, 0.4) is 0 Å². The van der Waals surface area contributed by atoms with Gasteiger partial charge in [-0.15, -0.1) is 11.3 Å². The summed E-state index contributed by atoms with van der Waals surface area (Å²) in [5.41, 5.74) is 2.73. The molecule has 1 amide bonds. The molecule has 5 rings (SSSR count). The molecule has 2 aromatic heterocycles. The Hall–Kier alpha value is -2.73. The number of hydrogen-bond acceptors (Lipinski definition) is 4. The molecule has 3 heterocycles. The van der Waals surface area contributed by atoms with Gasteiger partial charge in [0.2, 0.25) is 0 Å². The van der Waals surface area contributed by atoms with E-state index in [-0.39, 0.29) is 16.9 Å². The molecule has 6 heteroatoms. The smallest absolute Gasteiger partial charge is 0.274 e. The number of piperidine rings is 1. The summed E-state index contributed by atoms with van der Waals surface area (Å²) in [5.74, 6) is -0.0944. The Morgan fingerprint density at radius 2 is 2.00 bits per heavy atom. The largest absolute Gasteiger partial charge is 0.337 e. The number of carbonyl (C=O) groups is 1. The van der Waals surface area contributed by atoms with E-state index in [4.69, 9.17) is 0 Å². The Morgan fingerprint density at radius 1 is 1.19 bits per heavy atom. The number of benzene rings is 1. The third kappa shape index (κ3) is 2.25. The zero-order chi connectivity index (χ0) is 17.7. The van der Waals surface area contributed by atoms with Gasteiger partial charge in [0.05, 0.1) is 0 Å². The molecule has 0 N–H and O–H groups in total. The fourth-order valence-corrected chi connectivity index (χ4v) is 4.88. The number of nitrogens with zero attached hydrogens (tertiary/aromatic N) is 3. The summed E-state index contributed by atoms with van der Waals surface area (Å²) in [5, 5.41) is 1.84. The van der Waals surface area contributed by atoms with Gasteiger partial charge in [-0.1, -0.05) is 36.4 Å². The second kappa shape index (κ2) is 5.64. The van der Waals surface area contributed by atoms with Crippen LogP contribution in [-0.2, 0) is 5.41 Å². The minimum atomic E-state index is -0.364. The Balaban J connectivity index is 1.42. The molecule has 130 valence electrons. The average molecular weight is 363 g/mol. The quantitative estimate of drug-likeness (QED) is 0.668. The topological polar surface area (TPSA) is 54.7 Å². The third-order valence-corrected chi connectivity index (χ3v) is 6.31. The number of hydrogen-bond donors (Lipinski definition) is 0. The lowest BCUT2D eigenvalue weighted by Gasteiger charge is -2.39. The Kier molecular flexibility index (Phi) is 3.37. The predicted molar refractivity (Wildman–Crippen MR) is 102 cm³/mol. The Morgan fingerprint density at radius 3 is 2.85 bits per heavy atom. The van der Waals surface area contributed by atoms with Crippen molar-refractivity contribution >= 4 is 28.3 Å². The lowest BCUT2D eigenvalue weighted by atomic mass is 9.74. The van der Waals surface area contributed by atoms with Gasteiger partial charge in [0.1, 0.15) is 5.69 Å². The lowest BCUT2D eigenvalue weighted by molar-refractivity contribution is 0.0682. The molecular formula is C20H17N3O2S. The van der Waals surface area contributed by atoms with E-state index in [1.165, 1.54) is 28.5 Å². The highest BCUT2D eigenvalue weighted by Crippen LogP contribution is 2.43. The van der Waals surface area contributed by atoms with Crippen LogP contribution in [-0.4, -0.2) is 33.3 Å². The number of amides is 1. The maximum Gasteiger partial charge on any atom is 0.274 e. The molecule has 0 saturated carbocycles. The maximum atomic E-state index is 13.0. The highest BCUT2D eigenvalue weighted by Gasteiger charge is 2.39. The van der Waals surface area contributed by atoms with Crippen LogP contribution in [0, 0.1) is 0 Å². The van der Waals surface area contributed by atoms with Crippen LogP contribution in [0.4, 0.5) is 0 Å². The van der Waals surface area contributed by atoms with Crippen LogP contribution in [0.25, 0.3) is 11.0 Å². The first kappa shape index (κ1) is 15.5. The predicted octanol–water partition coefficient (Wildman–Crippen LogP) is 2.96. The zero-order valence-electron chi connectivity index (χ0n) is 14.1. The molecule has 1 aromatic carbocycles. The number of likely N-dealkylation sites (tertiary alicyclic amines) is 1. The number of fused-ring (bicyclic) bond motifs is 3. The number of aromatic nitrogens is 2. The summed E-state index contributed by atoms with van der Waals surface area (Å²) in [4.78, 5) is 31.2. The second-order valence-electron chi connectivity index (χ2n) is 6.90. The SMILES string of the molecule is O=C(c1cc(=O)nc2sccn12)N1CCC2(C=Cc3ccccc32)CC1. The third-order valence-electron chi connectivity index (χ3n) is 5.56. The van der Waals surface area contributed by atoms with E-state index in [0.717, 1.165) is 12.8 Å². The molecule has 1 aliphatic carbocycles. The van der Waals surface area contributed by atoms with Gasteiger partial charge in [0, 0.05) is 36.1 Å². The number of thiazole rings is 1. The Labute approximate surface area is 154 Å². The molecule has 1 saturated heterocycles. The van der Waals surface area contributed by atoms with Crippen LogP contribution in [0.5, 0.6) is 0 Å². The van der Waals surface area contributed by atoms with Crippen LogP contribution < -0.4 is 5.56 Å². The first-order valence-electron chi connectivity index (χ1n) is 8.71. The molecule has 1 spiro atoms. The van der Waals surface area contributed by atoms with Crippen molar-refractivity contribution in [3.05, 3.63) is 75.2 Å². The second-order valence-corrected chi connectivity index (χ2v) is 7.78. The van der Waals surface area contributed by atoms with Gasteiger partial charge in [0.25, 0.3) is 11.5 Å².